The van der Waals surface area contributed by atoms with Gasteiger partial charge in [-0.1, -0.05) is 116 Å². The Morgan fingerprint density at radius 2 is 1.56 bits per heavy atom. The molecule has 3 nitrogen and oxygen atoms in total. The van der Waals surface area contributed by atoms with Crippen LogP contribution in [-0.4, -0.2) is 18.3 Å². The second-order valence-corrected chi connectivity index (χ2v) is 14.9. The molecule has 1 N–H and O–H groups in total. The standard InChI is InChI=1S/C44H34BN2O/c1-24-12-4-5-13-26(24)25-22-32(27-16-10-18-31-39(27)46-40-29-15-7-9-21-36(29)48-42(31)40)38-35(23-25)47-41-30(17-11-20-34(41)45-38)37-28-14-6-8-19-33(28)44(2,3)43(37)47/h4-23,28,33,37,43,46H,1-3H3. The molecule has 1 saturated carbocycles. The number of para-hydroxylation sites is 3. The van der Waals surface area contributed by atoms with Gasteiger partial charge in [0.05, 0.1) is 11.0 Å². The highest BCUT2D eigenvalue weighted by atomic mass is 16.3. The second-order valence-electron chi connectivity index (χ2n) is 14.9. The first kappa shape index (κ1) is 26.8. The summed E-state index contributed by atoms with van der Waals surface area (Å²) in [5.41, 5.74) is 17.2. The minimum atomic E-state index is 0.0747. The number of benzene rings is 5. The predicted molar refractivity (Wildman–Crippen MR) is 200 cm³/mol. The van der Waals surface area contributed by atoms with E-state index < -0.39 is 0 Å². The Kier molecular flexibility index (Phi) is 5.15. The van der Waals surface area contributed by atoms with E-state index in [0.29, 0.717) is 23.8 Å². The monoisotopic (exact) mass is 617 g/mol. The van der Waals surface area contributed by atoms with E-state index in [1.165, 1.54) is 55.7 Å². The van der Waals surface area contributed by atoms with Crippen molar-refractivity contribution in [1.29, 1.82) is 0 Å². The molecule has 0 saturated heterocycles. The van der Waals surface area contributed by atoms with E-state index in [9.17, 15) is 0 Å². The molecule has 7 aromatic rings. The molecule has 229 valence electrons. The summed E-state index contributed by atoms with van der Waals surface area (Å²) in [5, 5.41) is 2.24. The van der Waals surface area contributed by atoms with E-state index >= 15 is 0 Å². The molecular weight excluding hydrogens is 583 g/mol. The lowest BCUT2D eigenvalue weighted by Crippen LogP contribution is -2.48. The maximum absolute atomic E-state index is 6.46. The molecule has 48 heavy (non-hydrogen) atoms. The van der Waals surface area contributed by atoms with Crippen molar-refractivity contribution >= 4 is 62.6 Å². The van der Waals surface area contributed by atoms with Crippen LogP contribution in [0, 0.1) is 24.2 Å². The number of hydrogen-bond donors (Lipinski definition) is 1. The van der Waals surface area contributed by atoms with E-state index in [4.69, 9.17) is 4.42 Å². The number of allylic oxidation sites excluding steroid dienone is 4. The van der Waals surface area contributed by atoms with Crippen LogP contribution in [0.25, 0.3) is 55.2 Å². The lowest BCUT2D eigenvalue weighted by atomic mass is 9.57. The number of aromatic nitrogens is 1. The molecule has 2 aliphatic carbocycles. The smallest absolute Gasteiger partial charge is 0.197 e. The summed E-state index contributed by atoms with van der Waals surface area (Å²) in [6.45, 7) is 7.25. The van der Waals surface area contributed by atoms with E-state index in [-0.39, 0.29) is 5.41 Å². The summed E-state index contributed by atoms with van der Waals surface area (Å²) < 4.78 is 6.46. The van der Waals surface area contributed by atoms with Crippen LogP contribution >= 0.6 is 0 Å². The highest BCUT2D eigenvalue weighted by molar-refractivity contribution is 6.73. The first-order chi connectivity index (χ1) is 23.5. The van der Waals surface area contributed by atoms with Crippen molar-refractivity contribution in [2.75, 3.05) is 4.90 Å². The van der Waals surface area contributed by atoms with E-state index in [1.54, 1.807) is 0 Å². The van der Waals surface area contributed by atoms with Gasteiger partial charge in [0.25, 0.3) is 0 Å². The summed E-state index contributed by atoms with van der Waals surface area (Å²) in [6.07, 6.45) is 9.50. The zero-order valence-corrected chi connectivity index (χ0v) is 27.3. The number of aryl methyl sites for hydroxylation is 1. The maximum atomic E-state index is 6.46. The van der Waals surface area contributed by atoms with Gasteiger partial charge in [-0.25, -0.2) is 0 Å². The van der Waals surface area contributed by atoms with Crippen LogP contribution < -0.4 is 15.8 Å². The zero-order valence-electron chi connectivity index (χ0n) is 27.3. The fourth-order valence-electron chi connectivity index (χ4n) is 10.1. The molecule has 4 heteroatoms. The highest BCUT2D eigenvalue weighted by Gasteiger charge is 2.61. The maximum Gasteiger partial charge on any atom is 0.197 e. The van der Waals surface area contributed by atoms with Gasteiger partial charge in [-0.05, 0) is 82.3 Å². The number of nitrogens with zero attached hydrogens (tertiary/aromatic N) is 1. The lowest BCUT2D eigenvalue weighted by molar-refractivity contribution is 0.260. The van der Waals surface area contributed by atoms with Crippen molar-refractivity contribution in [3.05, 3.63) is 132 Å². The van der Waals surface area contributed by atoms with Gasteiger partial charge >= 0.3 is 0 Å². The molecule has 2 aromatic heterocycles. The number of H-pyrrole nitrogens is 1. The molecule has 1 fully saturated rings. The molecule has 4 unspecified atom stereocenters. The van der Waals surface area contributed by atoms with E-state index in [1.807, 2.05) is 6.07 Å². The molecule has 1 radical (unpaired) electrons. The van der Waals surface area contributed by atoms with E-state index in [0.717, 1.165) is 33.0 Å². The molecule has 4 heterocycles. The molecule has 4 atom stereocenters. The molecule has 11 rings (SSSR count). The summed E-state index contributed by atoms with van der Waals surface area (Å²) in [4.78, 5) is 6.62. The summed E-state index contributed by atoms with van der Waals surface area (Å²) in [7, 11) is 2.46. The Morgan fingerprint density at radius 3 is 2.48 bits per heavy atom. The molecule has 0 spiro atoms. The third-order valence-electron chi connectivity index (χ3n) is 12.1. The number of hydrogen-bond acceptors (Lipinski definition) is 2. The third kappa shape index (κ3) is 3.30. The SMILES string of the molecule is Cc1ccccc1-c1cc(-c2cccc3c2[nH]c2c4ccccc4oc32)c2c(c1)N1c3c(cccc3C3C4C=CC=CC4C(C)(C)C31)[B]2. The summed E-state index contributed by atoms with van der Waals surface area (Å²) >= 11 is 0. The number of nitrogens with one attached hydrogen (secondary N) is 1. The van der Waals surface area contributed by atoms with Crippen LogP contribution in [-0.2, 0) is 0 Å². The fraction of sp³-hybridized carbons (Fsp3) is 0.182. The number of aromatic amines is 1. The van der Waals surface area contributed by atoms with Crippen LogP contribution in [0.1, 0.15) is 30.9 Å². The summed E-state index contributed by atoms with van der Waals surface area (Å²) in [6, 6.07) is 36.1. The molecule has 0 bridgehead atoms. The second kappa shape index (κ2) is 9.23. The Bertz CT molecular complexity index is 2580. The van der Waals surface area contributed by atoms with Crippen LogP contribution in [0.5, 0.6) is 0 Å². The Hall–Kier alpha value is -5.22. The van der Waals surface area contributed by atoms with Crippen LogP contribution in [0.15, 0.2) is 126 Å². The molecule has 5 aromatic carbocycles. The van der Waals surface area contributed by atoms with Crippen LogP contribution in [0.4, 0.5) is 11.4 Å². The first-order valence-electron chi connectivity index (χ1n) is 17.3. The normalized spacial score (nSPS) is 22.6. The molecule has 4 aliphatic rings. The minimum absolute atomic E-state index is 0.0747. The number of fused-ring (bicyclic) bond motifs is 12. The zero-order chi connectivity index (χ0) is 31.9. The van der Waals surface area contributed by atoms with Gasteiger partial charge in [-0.2, -0.15) is 0 Å². The van der Waals surface area contributed by atoms with Crippen LogP contribution in [0.3, 0.4) is 0 Å². The van der Waals surface area contributed by atoms with E-state index in [2.05, 4.69) is 153 Å². The third-order valence-corrected chi connectivity index (χ3v) is 12.1. The lowest BCUT2D eigenvalue weighted by Gasteiger charge is -2.43. The largest absolute Gasteiger partial charge is 0.454 e. The van der Waals surface area contributed by atoms with Crippen LogP contribution in [0.2, 0.25) is 0 Å². The molecular formula is C44H34BN2O. The van der Waals surface area contributed by atoms with Gasteiger partial charge in [0, 0.05) is 39.7 Å². The van der Waals surface area contributed by atoms with Crippen molar-refractivity contribution in [1.82, 2.24) is 4.98 Å². The van der Waals surface area contributed by atoms with Crippen molar-refractivity contribution in [2.45, 2.75) is 32.7 Å². The van der Waals surface area contributed by atoms with Gasteiger partial charge in [0.2, 0.25) is 0 Å². The average molecular weight is 618 g/mol. The first-order valence-corrected chi connectivity index (χ1v) is 17.3. The van der Waals surface area contributed by atoms with Gasteiger partial charge in [0.15, 0.2) is 12.9 Å². The fourth-order valence-corrected chi connectivity index (χ4v) is 10.1. The number of rotatable bonds is 2. The van der Waals surface area contributed by atoms with Crippen molar-refractivity contribution in [3.63, 3.8) is 0 Å². The van der Waals surface area contributed by atoms with Gasteiger partial charge in [0.1, 0.15) is 5.58 Å². The summed E-state index contributed by atoms with van der Waals surface area (Å²) in [5.74, 6) is 1.44. The van der Waals surface area contributed by atoms with Crippen molar-refractivity contribution < 1.29 is 4.42 Å². The van der Waals surface area contributed by atoms with Gasteiger partial charge in [-0.15, -0.1) is 0 Å². The molecule has 2 aliphatic heterocycles. The number of furan rings is 1. The molecule has 0 amide bonds. The Balaban J connectivity index is 1.21. The quantitative estimate of drug-likeness (QED) is 0.196. The van der Waals surface area contributed by atoms with Gasteiger partial charge < -0.3 is 14.3 Å². The van der Waals surface area contributed by atoms with Crippen molar-refractivity contribution in [3.8, 4) is 22.3 Å². The van der Waals surface area contributed by atoms with Crippen molar-refractivity contribution in [2.24, 2.45) is 17.3 Å². The Labute approximate surface area is 280 Å². The highest BCUT2D eigenvalue weighted by Crippen LogP contribution is 2.64. The minimum Gasteiger partial charge on any atom is -0.454 e. The predicted octanol–water partition coefficient (Wildman–Crippen LogP) is 9.68. The topological polar surface area (TPSA) is 32.2 Å². The number of anilines is 2. The van der Waals surface area contributed by atoms with Gasteiger partial charge in [-0.3, -0.25) is 0 Å². The Morgan fingerprint density at radius 1 is 0.771 bits per heavy atom. The average Bonchev–Trinajstić information content (AvgIpc) is 3.83.